The Morgan fingerprint density at radius 1 is 0.727 bits per heavy atom. The maximum atomic E-state index is 13.8. The first-order valence-electron chi connectivity index (χ1n) is 20.5. The fourth-order valence-electron chi connectivity index (χ4n) is 9.59. The van der Waals surface area contributed by atoms with Gasteiger partial charge in [0.1, 0.15) is 5.82 Å². The summed E-state index contributed by atoms with van der Waals surface area (Å²) in [6, 6.07) is 25.9. The Morgan fingerprint density at radius 3 is 1.93 bits per heavy atom. The number of nitrogens with zero attached hydrogens (tertiary/aromatic N) is 5. The van der Waals surface area contributed by atoms with Crippen LogP contribution in [-0.4, -0.2) is 56.8 Å². The highest BCUT2D eigenvalue weighted by Gasteiger charge is 2.37. The number of aromatic nitrogens is 2. The molecule has 10 nitrogen and oxygen atoms in total. The van der Waals surface area contributed by atoms with Crippen molar-refractivity contribution in [2.24, 2.45) is 5.92 Å². The van der Waals surface area contributed by atoms with Gasteiger partial charge in [0.15, 0.2) is 0 Å². The SMILES string of the molecule is CCC(=O)N1c2ccccc2C(NC2CCC(C(=O)N3CCn4cc(-c5ccc(N[C@@H]6C[C@H](C)N(C(=O)CC)c7ccccc76)cc5)nc4C3)CC2)CC1C. The number of benzene rings is 3. The Balaban J connectivity index is 0.863. The quantitative estimate of drug-likeness (QED) is 0.190. The highest BCUT2D eigenvalue weighted by atomic mass is 16.2. The molecule has 2 N–H and O–H groups in total. The molecule has 4 aliphatic rings. The molecule has 4 heterocycles. The van der Waals surface area contributed by atoms with Crippen molar-refractivity contribution in [2.75, 3.05) is 21.7 Å². The second-order valence-electron chi connectivity index (χ2n) is 16.1. The van der Waals surface area contributed by atoms with Crippen LogP contribution >= 0.6 is 0 Å². The number of amides is 3. The van der Waals surface area contributed by atoms with Crippen molar-refractivity contribution in [1.82, 2.24) is 19.8 Å². The van der Waals surface area contributed by atoms with E-state index >= 15 is 0 Å². The molecule has 1 saturated carbocycles. The van der Waals surface area contributed by atoms with Crippen molar-refractivity contribution in [2.45, 2.75) is 122 Å². The number of carbonyl (C=O) groups excluding carboxylic acids is 3. The molecule has 4 aromatic rings. The number of para-hydroxylation sites is 2. The molecule has 3 aliphatic heterocycles. The summed E-state index contributed by atoms with van der Waals surface area (Å²) in [5, 5.41) is 7.67. The average Bonchev–Trinajstić information content (AvgIpc) is 3.64. The maximum absolute atomic E-state index is 13.8. The Kier molecular flexibility index (Phi) is 10.5. The van der Waals surface area contributed by atoms with Gasteiger partial charge in [0, 0.05) is 84.8 Å². The van der Waals surface area contributed by atoms with Crippen LogP contribution in [0.1, 0.15) is 108 Å². The van der Waals surface area contributed by atoms with Gasteiger partial charge in [0.2, 0.25) is 17.7 Å². The molecule has 288 valence electrons. The van der Waals surface area contributed by atoms with Crippen molar-refractivity contribution in [3.8, 4) is 11.3 Å². The van der Waals surface area contributed by atoms with E-state index in [1.54, 1.807) is 0 Å². The van der Waals surface area contributed by atoms with Crippen LogP contribution in [-0.2, 0) is 27.5 Å². The van der Waals surface area contributed by atoms with E-state index in [0.29, 0.717) is 32.0 Å². The molecule has 0 spiro atoms. The lowest BCUT2D eigenvalue weighted by molar-refractivity contribution is -0.138. The Hall–Kier alpha value is -4.96. The monoisotopic (exact) mass is 741 g/mol. The molecule has 10 heteroatoms. The van der Waals surface area contributed by atoms with Crippen molar-refractivity contribution in [3.63, 3.8) is 0 Å². The van der Waals surface area contributed by atoms with E-state index in [1.165, 1.54) is 5.56 Å². The summed E-state index contributed by atoms with van der Waals surface area (Å²) in [4.78, 5) is 50.4. The molecule has 3 amide bonds. The van der Waals surface area contributed by atoms with Gasteiger partial charge in [-0.25, -0.2) is 4.98 Å². The minimum Gasteiger partial charge on any atom is -0.378 e. The first-order valence-corrected chi connectivity index (χ1v) is 20.5. The third-order valence-corrected chi connectivity index (χ3v) is 12.5. The minimum atomic E-state index is 0.0450. The normalized spacial score (nSPS) is 24.8. The van der Waals surface area contributed by atoms with Crippen molar-refractivity contribution >= 4 is 34.8 Å². The van der Waals surface area contributed by atoms with E-state index in [-0.39, 0.29) is 47.8 Å². The Morgan fingerprint density at radius 2 is 1.31 bits per heavy atom. The molecule has 0 saturated heterocycles. The van der Waals surface area contributed by atoms with Crippen LogP contribution in [0.2, 0.25) is 0 Å². The van der Waals surface area contributed by atoms with Gasteiger partial charge >= 0.3 is 0 Å². The number of carbonyl (C=O) groups is 3. The van der Waals surface area contributed by atoms with Gasteiger partial charge in [-0.3, -0.25) is 14.4 Å². The zero-order valence-electron chi connectivity index (χ0n) is 32.7. The zero-order chi connectivity index (χ0) is 38.2. The number of hydrogen-bond acceptors (Lipinski definition) is 6. The molecule has 4 atom stereocenters. The number of anilines is 3. The predicted molar refractivity (Wildman–Crippen MR) is 218 cm³/mol. The van der Waals surface area contributed by atoms with Crippen LogP contribution in [0.25, 0.3) is 11.3 Å². The third-order valence-electron chi connectivity index (χ3n) is 12.5. The molecule has 0 bridgehead atoms. The number of imidazole rings is 1. The van der Waals surface area contributed by atoms with Gasteiger partial charge in [0.05, 0.1) is 18.3 Å². The second-order valence-corrected chi connectivity index (χ2v) is 16.1. The zero-order valence-corrected chi connectivity index (χ0v) is 32.7. The molecular formula is C45H55N7O3. The fourth-order valence-corrected chi connectivity index (χ4v) is 9.59. The largest absolute Gasteiger partial charge is 0.378 e. The number of nitrogens with one attached hydrogen (secondary N) is 2. The lowest BCUT2D eigenvalue weighted by Crippen LogP contribution is -2.48. The molecule has 1 aliphatic carbocycles. The van der Waals surface area contributed by atoms with E-state index in [0.717, 1.165) is 84.8 Å². The predicted octanol–water partition coefficient (Wildman–Crippen LogP) is 8.01. The molecule has 2 unspecified atom stereocenters. The van der Waals surface area contributed by atoms with Gasteiger partial charge in [-0.15, -0.1) is 0 Å². The van der Waals surface area contributed by atoms with E-state index in [2.05, 4.69) is 89.8 Å². The molecule has 8 rings (SSSR count). The summed E-state index contributed by atoms with van der Waals surface area (Å²) >= 11 is 0. The summed E-state index contributed by atoms with van der Waals surface area (Å²) in [6.45, 7) is 10.1. The summed E-state index contributed by atoms with van der Waals surface area (Å²) < 4.78 is 2.20. The highest BCUT2D eigenvalue weighted by Crippen LogP contribution is 2.41. The van der Waals surface area contributed by atoms with Crippen molar-refractivity contribution in [1.29, 1.82) is 0 Å². The van der Waals surface area contributed by atoms with E-state index in [9.17, 15) is 14.4 Å². The fraction of sp³-hybridized carbons (Fsp3) is 0.467. The average molecular weight is 742 g/mol. The summed E-state index contributed by atoms with van der Waals surface area (Å²) in [6.07, 6.45) is 8.56. The second kappa shape index (κ2) is 15.6. The molecule has 1 aromatic heterocycles. The van der Waals surface area contributed by atoms with Crippen LogP contribution in [0.4, 0.5) is 17.1 Å². The summed E-state index contributed by atoms with van der Waals surface area (Å²) in [7, 11) is 0. The standard InChI is InChI=1S/C45H55N7O3/c1-5-43(53)51-29(3)25-37(35-11-7-9-13-40(35)51)46-33-19-15-31(16-20-33)39-27-49-23-24-50(28-42(49)48-39)45(55)32-17-21-34(22-18-32)47-38-26-30(4)52(44(54)6-2)41-14-10-8-12-36(38)41/h7-16,19-20,27,29-30,32,34,37-38,46-47H,5-6,17-18,21-26,28H2,1-4H3/t29-,30?,32?,34?,37+,38?/m0/s1. The van der Waals surface area contributed by atoms with Gasteiger partial charge < -0.3 is 29.9 Å². The lowest BCUT2D eigenvalue weighted by Gasteiger charge is -2.42. The smallest absolute Gasteiger partial charge is 0.226 e. The first-order chi connectivity index (χ1) is 26.7. The van der Waals surface area contributed by atoms with Gasteiger partial charge in [0.25, 0.3) is 0 Å². The lowest BCUT2D eigenvalue weighted by atomic mass is 9.83. The molecule has 1 fully saturated rings. The summed E-state index contributed by atoms with van der Waals surface area (Å²) in [5.41, 5.74) is 7.39. The minimum absolute atomic E-state index is 0.0450. The van der Waals surface area contributed by atoms with Crippen molar-refractivity contribution in [3.05, 3.63) is 95.9 Å². The molecule has 3 aromatic carbocycles. The van der Waals surface area contributed by atoms with E-state index < -0.39 is 0 Å². The van der Waals surface area contributed by atoms with Crippen LogP contribution in [0.5, 0.6) is 0 Å². The van der Waals surface area contributed by atoms with Crippen molar-refractivity contribution < 1.29 is 14.4 Å². The molecule has 55 heavy (non-hydrogen) atoms. The van der Waals surface area contributed by atoms with Crippen LogP contribution in [0, 0.1) is 5.92 Å². The maximum Gasteiger partial charge on any atom is 0.226 e. The Labute approximate surface area is 325 Å². The number of rotatable bonds is 8. The molecular weight excluding hydrogens is 687 g/mol. The van der Waals surface area contributed by atoms with E-state index in [4.69, 9.17) is 4.98 Å². The van der Waals surface area contributed by atoms with Crippen LogP contribution in [0.3, 0.4) is 0 Å². The van der Waals surface area contributed by atoms with Crippen LogP contribution in [0.15, 0.2) is 79.0 Å². The Bertz CT molecular complexity index is 2030. The number of fused-ring (bicyclic) bond motifs is 3. The summed E-state index contributed by atoms with van der Waals surface area (Å²) in [5.74, 6) is 1.57. The topological polar surface area (TPSA) is 103 Å². The van der Waals surface area contributed by atoms with Gasteiger partial charge in [-0.05, 0) is 87.8 Å². The highest BCUT2D eigenvalue weighted by molar-refractivity contribution is 5.96. The third kappa shape index (κ3) is 7.29. The van der Waals surface area contributed by atoms with Crippen LogP contribution < -0.4 is 20.4 Å². The van der Waals surface area contributed by atoms with Gasteiger partial charge in [-0.2, -0.15) is 0 Å². The molecule has 0 radical (unpaired) electrons. The first kappa shape index (κ1) is 37.0. The van der Waals surface area contributed by atoms with E-state index in [1.807, 2.05) is 46.7 Å². The van der Waals surface area contributed by atoms with Gasteiger partial charge in [-0.1, -0.05) is 62.4 Å². The number of hydrogen-bond donors (Lipinski definition) is 2.